The molecule has 34 heavy (non-hydrogen) atoms. The van der Waals surface area contributed by atoms with E-state index >= 15 is 0 Å². The van der Waals surface area contributed by atoms with E-state index in [0.717, 1.165) is 14.0 Å². The van der Waals surface area contributed by atoms with Gasteiger partial charge in [-0.1, -0.05) is 33.6 Å². The number of nitrogens with one attached hydrogen (secondary N) is 1. The SMILES string of the molecule is Cc1cccc(C(=O)Oc2ccc(Br)cc2/C=C2/C(=O)NC(=O)N(c3ccc(I)cc3)C2=O)c1. The van der Waals surface area contributed by atoms with Crippen molar-refractivity contribution in [1.82, 2.24) is 5.32 Å². The second-order valence-corrected chi connectivity index (χ2v) is 9.54. The molecule has 170 valence electrons. The van der Waals surface area contributed by atoms with Gasteiger partial charge in [0.25, 0.3) is 11.8 Å². The number of benzene rings is 3. The van der Waals surface area contributed by atoms with Crippen molar-refractivity contribution >= 4 is 74.1 Å². The standard InChI is InChI=1S/C25H16BrIN2O5/c1-14-3-2-4-15(11-14)24(32)34-21-10-5-17(26)12-16(21)13-20-22(30)28-25(33)29(23(20)31)19-8-6-18(27)7-9-19/h2-13H,1H3,(H,28,30,33)/b20-13-. The van der Waals surface area contributed by atoms with Crippen LogP contribution in [0.15, 0.2) is 76.8 Å². The zero-order valence-electron chi connectivity index (χ0n) is 17.7. The number of anilines is 1. The number of amides is 4. The van der Waals surface area contributed by atoms with E-state index in [0.29, 0.717) is 21.3 Å². The highest BCUT2D eigenvalue weighted by atomic mass is 127. The van der Waals surface area contributed by atoms with Gasteiger partial charge in [-0.25, -0.2) is 14.5 Å². The Bertz CT molecular complexity index is 1370. The van der Waals surface area contributed by atoms with Gasteiger partial charge >= 0.3 is 12.0 Å². The van der Waals surface area contributed by atoms with Crippen LogP contribution in [0.2, 0.25) is 0 Å². The molecule has 0 aliphatic carbocycles. The molecule has 0 unspecified atom stereocenters. The van der Waals surface area contributed by atoms with E-state index in [1.807, 2.05) is 13.0 Å². The van der Waals surface area contributed by atoms with Gasteiger partial charge in [0.2, 0.25) is 0 Å². The summed E-state index contributed by atoms with van der Waals surface area (Å²) >= 11 is 5.46. The van der Waals surface area contributed by atoms with Crippen LogP contribution in [0.3, 0.4) is 0 Å². The van der Waals surface area contributed by atoms with Crippen LogP contribution in [-0.2, 0) is 9.59 Å². The molecule has 0 bridgehead atoms. The molecule has 0 radical (unpaired) electrons. The fourth-order valence-corrected chi connectivity index (χ4v) is 4.03. The number of imide groups is 2. The fourth-order valence-electron chi connectivity index (χ4n) is 3.29. The third-order valence-corrected chi connectivity index (χ3v) is 6.13. The minimum atomic E-state index is -0.840. The number of rotatable bonds is 4. The number of barbiturate groups is 1. The molecule has 0 spiro atoms. The van der Waals surface area contributed by atoms with Crippen molar-refractivity contribution in [3.05, 3.63) is 97.0 Å². The average molecular weight is 631 g/mol. The predicted molar refractivity (Wildman–Crippen MR) is 138 cm³/mol. The van der Waals surface area contributed by atoms with Crippen LogP contribution >= 0.6 is 38.5 Å². The Morgan fingerprint density at radius 2 is 1.76 bits per heavy atom. The number of carbonyl (C=O) groups is 4. The number of hydrogen-bond donors (Lipinski definition) is 1. The molecule has 9 heteroatoms. The van der Waals surface area contributed by atoms with Crippen molar-refractivity contribution in [3.8, 4) is 5.75 Å². The number of esters is 1. The van der Waals surface area contributed by atoms with Gasteiger partial charge in [-0.15, -0.1) is 0 Å². The first-order chi connectivity index (χ1) is 16.2. The first-order valence-electron chi connectivity index (χ1n) is 9.98. The van der Waals surface area contributed by atoms with Crippen molar-refractivity contribution in [2.75, 3.05) is 4.90 Å². The van der Waals surface area contributed by atoms with E-state index in [4.69, 9.17) is 4.74 Å². The van der Waals surface area contributed by atoms with Crippen LogP contribution in [0, 0.1) is 10.5 Å². The lowest BCUT2D eigenvalue weighted by Crippen LogP contribution is -2.54. The van der Waals surface area contributed by atoms with E-state index in [2.05, 4.69) is 43.8 Å². The first-order valence-corrected chi connectivity index (χ1v) is 11.9. The summed E-state index contributed by atoms with van der Waals surface area (Å²) in [4.78, 5) is 51.7. The third kappa shape index (κ3) is 5.10. The highest BCUT2D eigenvalue weighted by Gasteiger charge is 2.37. The molecule has 3 aromatic carbocycles. The van der Waals surface area contributed by atoms with Crippen molar-refractivity contribution < 1.29 is 23.9 Å². The van der Waals surface area contributed by atoms with Gasteiger partial charge in [-0.2, -0.15) is 0 Å². The second kappa shape index (κ2) is 9.90. The van der Waals surface area contributed by atoms with E-state index in [9.17, 15) is 19.2 Å². The van der Waals surface area contributed by atoms with Gasteiger partial charge in [0.15, 0.2) is 0 Å². The number of ether oxygens (including phenoxy) is 1. The molecule has 0 atom stereocenters. The lowest BCUT2D eigenvalue weighted by Gasteiger charge is -2.26. The normalized spacial score (nSPS) is 14.9. The molecule has 1 aliphatic rings. The van der Waals surface area contributed by atoms with Gasteiger partial charge in [-0.05, 0) is 90.2 Å². The molecule has 4 amide bonds. The molecular weight excluding hydrogens is 615 g/mol. The molecular formula is C25H16BrIN2O5. The first kappa shape index (κ1) is 23.8. The van der Waals surface area contributed by atoms with Gasteiger partial charge < -0.3 is 4.74 Å². The number of urea groups is 1. The molecule has 4 rings (SSSR count). The van der Waals surface area contributed by atoms with Gasteiger partial charge in [0, 0.05) is 13.6 Å². The van der Waals surface area contributed by atoms with Crippen LogP contribution in [0.1, 0.15) is 21.5 Å². The van der Waals surface area contributed by atoms with Crippen molar-refractivity contribution in [2.45, 2.75) is 6.92 Å². The number of aryl methyl sites for hydroxylation is 1. The average Bonchev–Trinajstić information content (AvgIpc) is 2.79. The predicted octanol–water partition coefficient (Wildman–Crippen LogP) is 5.25. The van der Waals surface area contributed by atoms with Crippen LogP contribution in [-0.4, -0.2) is 23.8 Å². The minimum Gasteiger partial charge on any atom is -0.422 e. The highest BCUT2D eigenvalue weighted by Crippen LogP contribution is 2.29. The maximum absolute atomic E-state index is 13.2. The van der Waals surface area contributed by atoms with Gasteiger partial charge in [-0.3, -0.25) is 14.9 Å². The Morgan fingerprint density at radius 1 is 1.03 bits per heavy atom. The number of halogens is 2. The molecule has 1 aliphatic heterocycles. The maximum Gasteiger partial charge on any atom is 0.343 e. The van der Waals surface area contributed by atoms with Gasteiger partial charge in [0.1, 0.15) is 11.3 Å². The highest BCUT2D eigenvalue weighted by molar-refractivity contribution is 14.1. The quantitative estimate of drug-likeness (QED) is 0.140. The molecule has 1 fully saturated rings. The second-order valence-electron chi connectivity index (χ2n) is 7.38. The Kier molecular flexibility index (Phi) is 6.94. The van der Waals surface area contributed by atoms with Crippen LogP contribution < -0.4 is 15.0 Å². The largest absolute Gasteiger partial charge is 0.422 e. The zero-order valence-corrected chi connectivity index (χ0v) is 21.4. The van der Waals surface area contributed by atoms with Crippen molar-refractivity contribution in [3.63, 3.8) is 0 Å². The Balaban J connectivity index is 1.71. The molecule has 3 aromatic rings. The lowest BCUT2D eigenvalue weighted by molar-refractivity contribution is -0.122. The smallest absolute Gasteiger partial charge is 0.343 e. The van der Waals surface area contributed by atoms with Crippen molar-refractivity contribution in [2.24, 2.45) is 0 Å². The molecule has 1 heterocycles. The summed E-state index contributed by atoms with van der Waals surface area (Å²) < 4.78 is 7.14. The zero-order chi connectivity index (χ0) is 24.4. The van der Waals surface area contributed by atoms with E-state index in [1.54, 1.807) is 60.7 Å². The fraction of sp³-hybridized carbons (Fsp3) is 0.0400. The molecule has 1 saturated heterocycles. The Hall–Kier alpha value is -3.31. The topological polar surface area (TPSA) is 92.8 Å². The summed E-state index contributed by atoms with van der Waals surface area (Å²) in [5.41, 5.74) is 1.62. The van der Waals surface area contributed by atoms with E-state index in [-0.39, 0.29) is 11.3 Å². The maximum atomic E-state index is 13.2. The van der Waals surface area contributed by atoms with E-state index < -0.39 is 23.8 Å². The summed E-state index contributed by atoms with van der Waals surface area (Å²) in [6, 6.07) is 17.6. The summed E-state index contributed by atoms with van der Waals surface area (Å²) in [5.74, 6) is -2.06. The summed E-state index contributed by atoms with van der Waals surface area (Å²) in [7, 11) is 0. The van der Waals surface area contributed by atoms with Gasteiger partial charge in [0.05, 0.1) is 11.3 Å². The number of carbonyl (C=O) groups excluding carboxylic acids is 4. The summed E-state index contributed by atoms with van der Waals surface area (Å²) in [6.07, 6.45) is 1.30. The molecule has 1 N–H and O–H groups in total. The van der Waals surface area contributed by atoms with Crippen LogP contribution in [0.25, 0.3) is 6.08 Å². The Labute approximate surface area is 217 Å². The summed E-state index contributed by atoms with van der Waals surface area (Å²) in [5, 5.41) is 2.19. The van der Waals surface area contributed by atoms with Crippen LogP contribution in [0.5, 0.6) is 5.75 Å². The lowest BCUT2D eigenvalue weighted by atomic mass is 10.1. The minimum absolute atomic E-state index is 0.153. The van der Waals surface area contributed by atoms with Crippen LogP contribution in [0.4, 0.5) is 10.5 Å². The Morgan fingerprint density at radius 3 is 2.47 bits per heavy atom. The molecule has 7 nitrogen and oxygen atoms in total. The van der Waals surface area contributed by atoms with E-state index in [1.165, 1.54) is 6.08 Å². The number of nitrogens with zero attached hydrogens (tertiary/aromatic N) is 1. The number of hydrogen-bond acceptors (Lipinski definition) is 5. The third-order valence-electron chi connectivity index (χ3n) is 4.91. The summed E-state index contributed by atoms with van der Waals surface area (Å²) in [6.45, 7) is 1.86. The monoisotopic (exact) mass is 630 g/mol. The van der Waals surface area contributed by atoms with Crippen molar-refractivity contribution in [1.29, 1.82) is 0 Å². The molecule has 0 aromatic heterocycles. The molecule has 0 saturated carbocycles.